The fourth-order valence-electron chi connectivity index (χ4n) is 0.879. The highest BCUT2D eigenvalue weighted by molar-refractivity contribution is 5.79. The zero-order chi connectivity index (χ0) is 11.0. The lowest BCUT2D eigenvalue weighted by molar-refractivity contribution is 0.438. The van der Waals surface area contributed by atoms with E-state index in [0.29, 0.717) is 5.96 Å². The standard InChI is InChI=1S/C10H24N4/c1-5-7-8-12-9(14-11)13-10(3,4)6-2/h5-8,11H2,1-4H3,(H2,12,13,14). The second-order valence-corrected chi connectivity index (χ2v) is 4.09. The van der Waals surface area contributed by atoms with Crippen LogP contribution in [0.4, 0.5) is 0 Å². The topological polar surface area (TPSA) is 62.4 Å². The number of nitrogens with two attached hydrogens (primary N) is 1. The van der Waals surface area contributed by atoms with Crippen molar-refractivity contribution < 1.29 is 0 Å². The first-order chi connectivity index (χ1) is 6.55. The number of rotatable bonds is 5. The number of nitrogens with zero attached hydrogens (tertiary/aromatic N) is 1. The first kappa shape index (κ1) is 13.2. The minimum absolute atomic E-state index is 0.0391. The van der Waals surface area contributed by atoms with Gasteiger partial charge in [0.1, 0.15) is 0 Å². The van der Waals surface area contributed by atoms with Crippen LogP contribution in [-0.2, 0) is 0 Å². The normalized spacial score (nSPS) is 12.8. The Kier molecular flexibility index (Phi) is 6.28. The average molecular weight is 200 g/mol. The molecule has 0 aliphatic rings. The van der Waals surface area contributed by atoms with Crippen LogP contribution in [0.1, 0.15) is 47.0 Å². The van der Waals surface area contributed by atoms with E-state index in [-0.39, 0.29) is 5.54 Å². The summed E-state index contributed by atoms with van der Waals surface area (Å²) in [5, 5.41) is 3.27. The van der Waals surface area contributed by atoms with Gasteiger partial charge in [0, 0.05) is 12.1 Å². The summed E-state index contributed by atoms with van der Waals surface area (Å²) < 4.78 is 0. The third-order valence-electron chi connectivity index (χ3n) is 2.26. The summed E-state index contributed by atoms with van der Waals surface area (Å²) in [7, 11) is 0. The van der Waals surface area contributed by atoms with Crippen molar-refractivity contribution in [2.24, 2.45) is 10.8 Å². The predicted molar refractivity (Wildman–Crippen MR) is 62.0 cm³/mol. The average Bonchev–Trinajstić information content (AvgIpc) is 2.16. The first-order valence-corrected chi connectivity index (χ1v) is 5.35. The van der Waals surface area contributed by atoms with E-state index >= 15 is 0 Å². The molecule has 0 saturated heterocycles. The molecule has 0 spiro atoms. The lowest BCUT2D eigenvalue weighted by atomic mass is 10.0. The summed E-state index contributed by atoms with van der Waals surface area (Å²) in [6.07, 6.45) is 3.28. The molecule has 0 aromatic carbocycles. The van der Waals surface area contributed by atoms with E-state index in [1.165, 1.54) is 0 Å². The van der Waals surface area contributed by atoms with Crippen molar-refractivity contribution in [2.45, 2.75) is 52.5 Å². The number of hydrogen-bond donors (Lipinski definition) is 3. The summed E-state index contributed by atoms with van der Waals surface area (Å²) in [5.74, 6) is 6.06. The van der Waals surface area contributed by atoms with Gasteiger partial charge in [-0.3, -0.25) is 10.4 Å². The third kappa shape index (κ3) is 5.80. The molecule has 0 saturated carbocycles. The van der Waals surface area contributed by atoms with Crippen LogP contribution in [0.25, 0.3) is 0 Å². The molecular formula is C10H24N4. The van der Waals surface area contributed by atoms with Gasteiger partial charge in [-0.1, -0.05) is 20.3 Å². The molecule has 0 radical (unpaired) electrons. The van der Waals surface area contributed by atoms with Gasteiger partial charge in [-0.25, -0.2) is 5.84 Å². The molecule has 0 bridgehead atoms. The molecule has 0 amide bonds. The van der Waals surface area contributed by atoms with Gasteiger partial charge in [-0.2, -0.15) is 0 Å². The van der Waals surface area contributed by atoms with Crippen molar-refractivity contribution in [3.63, 3.8) is 0 Å². The van der Waals surface area contributed by atoms with Crippen molar-refractivity contribution >= 4 is 5.96 Å². The van der Waals surface area contributed by atoms with Crippen LogP contribution in [0.3, 0.4) is 0 Å². The maximum atomic E-state index is 5.37. The lowest BCUT2D eigenvalue weighted by Crippen LogP contribution is -2.51. The number of aliphatic imine (C=N–C) groups is 1. The fourth-order valence-corrected chi connectivity index (χ4v) is 0.879. The highest BCUT2D eigenvalue weighted by Crippen LogP contribution is 2.05. The van der Waals surface area contributed by atoms with Crippen LogP contribution in [0.15, 0.2) is 4.99 Å². The molecule has 0 aromatic rings. The lowest BCUT2D eigenvalue weighted by Gasteiger charge is -2.26. The Morgan fingerprint density at radius 1 is 1.36 bits per heavy atom. The highest BCUT2D eigenvalue weighted by atomic mass is 15.3. The van der Waals surface area contributed by atoms with Gasteiger partial charge >= 0.3 is 0 Å². The fraction of sp³-hybridized carbons (Fsp3) is 0.900. The molecule has 0 atom stereocenters. The highest BCUT2D eigenvalue weighted by Gasteiger charge is 2.15. The minimum Gasteiger partial charge on any atom is -0.350 e. The molecule has 4 heteroatoms. The zero-order valence-electron chi connectivity index (χ0n) is 9.85. The van der Waals surface area contributed by atoms with E-state index < -0.39 is 0 Å². The number of unbranched alkanes of at least 4 members (excludes halogenated alkanes) is 1. The van der Waals surface area contributed by atoms with Crippen LogP contribution in [0, 0.1) is 0 Å². The van der Waals surface area contributed by atoms with Crippen LogP contribution < -0.4 is 16.6 Å². The summed E-state index contributed by atoms with van der Waals surface area (Å²) in [4.78, 5) is 4.33. The van der Waals surface area contributed by atoms with Crippen LogP contribution >= 0.6 is 0 Å². The summed E-state index contributed by atoms with van der Waals surface area (Å²) >= 11 is 0. The van der Waals surface area contributed by atoms with Crippen LogP contribution in [-0.4, -0.2) is 18.0 Å². The van der Waals surface area contributed by atoms with Gasteiger partial charge < -0.3 is 5.32 Å². The molecule has 0 aromatic heterocycles. The second-order valence-electron chi connectivity index (χ2n) is 4.09. The van der Waals surface area contributed by atoms with E-state index in [4.69, 9.17) is 5.84 Å². The molecule has 0 rings (SSSR count). The van der Waals surface area contributed by atoms with Crippen molar-refractivity contribution in [2.75, 3.05) is 6.54 Å². The van der Waals surface area contributed by atoms with Crippen molar-refractivity contribution in [3.05, 3.63) is 0 Å². The molecule has 0 heterocycles. The predicted octanol–water partition coefficient (Wildman–Crippen LogP) is 1.38. The van der Waals surface area contributed by atoms with Gasteiger partial charge in [0.15, 0.2) is 0 Å². The summed E-state index contributed by atoms with van der Waals surface area (Å²) in [6.45, 7) is 9.35. The Hall–Kier alpha value is -0.770. The van der Waals surface area contributed by atoms with E-state index in [2.05, 4.69) is 43.4 Å². The van der Waals surface area contributed by atoms with Gasteiger partial charge in [0.05, 0.1) is 0 Å². The van der Waals surface area contributed by atoms with E-state index in [1.807, 2.05) is 0 Å². The van der Waals surface area contributed by atoms with Crippen LogP contribution in [0.5, 0.6) is 0 Å². The zero-order valence-corrected chi connectivity index (χ0v) is 9.85. The Labute approximate surface area is 87.3 Å². The molecule has 4 N–H and O–H groups in total. The van der Waals surface area contributed by atoms with Crippen molar-refractivity contribution in [1.29, 1.82) is 0 Å². The maximum absolute atomic E-state index is 5.37. The van der Waals surface area contributed by atoms with Gasteiger partial charge in [0.2, 0.25) is 5.96 Å². The molecule has 14 heavy (non-hydrogen) atoms. The summed E-state index contributed by atoms with van der Waals surface area (Å²) in [6, 6.07) is 0. The van der Waals surface area contributed by atoms with E-state index in [0.717, 1.165) is 25.8 Å². The molecule has 84 valence electrons. The van der Waals surface area contributed by atoms with Gasteiger partial charge in [-0.15, -0.1) is 0 Å². The molecule has 0 aliphatic heterocycles. The second kappa shape index (κ2) is 6.65. The maximum Gasteiger partial charge on any atom is 0.206 e. The number of hydrazine groups is 1. The molecule has 4 nitrogen and oxygen atoms in total. The number of guanidine groups is 1. The first-order valence-electron chi connectivity index (χ1n) is 5.35. The van der Waals surface area contributed by atoms with Gasteiger partial charge in [0.25, 0.3) is 0 Å². The quantitative estimate of drug-likeness (QED) is 0.207. The smallest absolute Gasteiger partial charge is 0.206 e. The van der Waals surface area contributed by atoms with Crippen molar-refractivity contribution in [3.8, 4) is 0 Å². The molecule has 0 unspecified atom stereocenters. The number of nitrogens with one attached hydrogen (secondary N) is 2. The largest absolute Gasteiger partial charge is 0.350 e. The summed E-state index contributed by atoms with van der Waals surface area (Å²) in [5.41, 5.74) is 2.63. The number of hydrogen-bond acceptors (Lipinski definition) is 2. The molecule has 0 fully saturated rings. The monoisotopic (exact) mass is 200 g/mol. The van der Waals surface area contributed by atoms with Crippen molar-refractivity contribution in [1.82, 2.24) is 10.7 Å². The van der Waals surface area contributed by atoms with Crippen LogP contribution in [0.2, 0.25) is 0 Å². The Balaban J connectivity index is 4.07. The SMILES string of the molecule is CCCCN=C(NN)NC(C)(C)CC. The van der Waals surface area contributed by atoms with E-state index in [1.54, 1.807) is 0 Å². The minimum atomic E-state index is 0.0391. The van der Waals surface area contributed by atoms with Gasteiger partial charge in [-0.05, 0) is 26.7 Å². The molecule has 0 aliphatic carbocycles. The third-order valence-corrected chi connectivity index (χ3v) is 2.26. The van der Waals surface area contributed by atoms with E-state index in [9.17, 15) is 0 Å². The molecular weight excluding hydrogens is 176 g/mol. The Morgan fingerprint density at radius 2 is 2.00 bits per heavy atom. The Bertz CT molecular complexity index is 175. The Morgan fingerprint density at radius 3 is 2.43 bits per heavy atom.